The zero-order valence-corrected chi connectivity index (χ0v) is 10.2. The highest BCUT2D eigenvalue weighted by Crippen LogP contribution is 2.10. The van der Waals surface area contributed by atoms with E-state index in [0.29, 0.717) is 18.7 Å². The number of carbonyl (C=O) groups is 2. The first-order chi connectivity index (χ1) is 8.56. The third-order valence-electron chi connectivity index (χ3n) is 2.65. The third-order valence-corrected chi connectivity index (χ3v) is 2.65. The fourth-order valence-electron chi connectivity index (χ4n) is 1.46. The average molecular weight is 251 g/mol. The van der Waals surface area contributed by atoms with Crippen LogP contribution >= 0.6 is 0 Å². The Balaban J connectivity index is 2.56. The summed E-state index contributed by atoms with van der Waals surface area (Å²) in [5.74, 6) is -1.07. The molecular formula is C12H17N3O3. The molecule has 98 valence electrons. The topological polar surface area (TPSA) is 105 Å². The van der Waals surface area contributed by atoms with Crippen LogP contribution in [-0.4, -0.2) is 28.5 Å². The second kappa shape index (κ2) is 6.70. The van der Waals surface area contributed by atoms with Crippen molar-refractivity contribution in [3.8, 4) is 0 Å². The molecule has 0 aliphatic carbocycles. The van der Waals surface area contributed by atoms with Gasteiger partial charge in [-0.25, -0.2) is 9.78 Å². The van der Waals surface area contributed by atoms with Crippen LogP contribution in [0.15, 0.2) is 18.3 Å². The maximum atomic E-state index is 11.6. The van der Waals surface area contributed by atoms with Gasteiger partial charge in [0.15, 0.2) is 0 Å². The van der Waals surface area contributed by atoms with Crippen molar-refractivity contribution in [2.24, 2.45) is 11.7 Å². The molecule has 1 unspecified atom stereocenters. The monoisotopic (exact) mass is 251 g/mol. The molecule has 18 heavy (non-hydrogen) atoms. The minimum Gasteiger partial charge on any atom is -0.477 e. The number of carboxylic acid groups (broad SMARTS) is 1. The molecule has 1 aromatic heterocycles. The van der Waals surface area contributed by atoms with E-state index in [0.717, 1.165) is 6.42 Å². The molecule has 0 bridgehead atoms. The number of pyridine rings is 1. The lowest BCUT2D eigenvalue weighted by Crippen LogP contribution is -2.21. The first kappa shape index (κ1) is 14.1. The van der Waals surface area contributed by atoms with Gasteiger partial charge in [-0.1, -0.05) is 13.3 Å². The van der Waals surface area contributed by atoms with Gasteiger partial charge < -0.3 is 16.2 Å². The van der Waals surface area contributed by atoms with Crippen molar-refractivity contribution >= 4 is 17.6 Å². The summed E-state index contributed by atoms with van der Waals surface area (Å²) < 4.78 is 0. The van der Waals surface area contributed by atoms with Crippen molar-refractivity contribution in [3.63, 3.8) is 0 Å². The van der Waals surface area contributed by atoms with Gasteiger partial charge in [-0.3, -0.25) is 4.79 Å². The number of anilines is 1. The minimum absolute atomic E-state index is 0.0543. The number of hydrogen-bond donors (Lipinski definition) is 3. The van der Waals surface area contributed by atoms with Gasteiger partial charge in [0.25, 0.3) is 0 Å². The van der Waals surface area contributed by atoms with Gasteiger partial charge in [0.2, 0.25) is 5.91 Å². The largest absolute Gasteiger partial charge is 0.477 e. The first-order valence-electron chi connectivity index (χ1n) is 5.76. The maximum Gasteiger partial charge on any atom is 0.354 e. The van der Waals surface area contributed by atoms with E-state index in [4.69, 9.17) is 10.8 Å². The molecule has 6 nitrogen and oxygen atoms in total. The Bertz CT molecular complexity index is 413. The summed E-state index contributed by atoms with van der Waals surface area (Å²) >= 11 is 0. The predicted molar refractivity (Wildman–Crippen MR) is 67.3 cm³/mol. The normalized spacial score (nSPS) is 11.9. The Hall–Kier alpha value is -1.95. The lowest BCUT2D eigenvalue weighted by atomic mass is 10.0. The quantitative estimate of drug-likeness (QED) is 0.702. The number of nitrogens with two attached hydrogens (primary N) is 1. The predicted octanol–water partition coefficient (Wildman–Crippen LogP) is 1.09. The smallest absolute Gasteiger partial charge is 0.354 e. The molecular weight excluding hydrogens is 234 g/mol. The van der Waals surface area contributed by atoms with E-state index in [1.807, 2.05) is 6.92 Å². The summed E-state index contributed by atoms with van der Waals surface area (Å²) in [7, 11) is 0. The highest BCUT2D eigenvalue weighted by atomic mass is 16.4. The van der Waals surface area contributed by atoms with Crippen LogP contribution in [0.5, 0.6) is 0 Å². The van der Waals surface area contributed by atoms with Gasteiger partial charge in [0, 0.05) is 6.42 Å². The Kier molecular flexibility index (Phi) is 5.26. The Morgan fingerprint density at radius 3 is 2.67 bits per heavy atom. The molecule has 0 radical (unpaired) electrons. The van der Waals surface area contributed by atoms with Crippen LogP contribution in [0.2, 0.25) is 0 Å². The zero-order chi connectivity index (χ0) is 13.5. The first-order valence-corrected chi connectivity index (χ1v) is 5.76. The maximum absolute atomic E-state index is 11.6. The summed E-state index contributed by atoms with van der Waals surface area (Å²) in [6.45, 7) is 2.45. The van der Waals surface area contributed by atoms with Crippen molar-refractivity contribution in [2.45, 2.75) is 19.8 Å². The fraction of sp³-hybridized carbons (Fsp3) is 0.417. The van der Waals surface area contributed by atoms with Crippen molar-refractivity contribution in [1.82, 2.24) is 4.98 Å². The second-order valence-corrected chi connectivity index (χ2v) is 4.00. The van der Waals surface area contributed by atoms with Crippen LogP contribution in [0, 0.1) is 5.92 Å². The summed E-state index contributed by atoms with van der Waals surface area (Å²) in [5, 5.41) is 11.3. The van der Waals surface area contributed by atoms with Gasteiger partial charge in [0.05, 0.1) is 11.9 Å². The van der Waals surface area contributed by atoms with Crippen molar-refractivity contribution in [2.75, 3.05) is 11.9 Å². The van der Waals surface area contributed by atoms with Crippen molar-refractivity contribution in [1.29, 1.82) is 0 Å². The van der Waals surface area contributed by atoms with E-state index >= 15 is 0 Å². The second-order valence-electron chi connectivity index (χ2n) is 4.00. The SMILES string of the molecule is CCC(CN)CC(=O)Nc1ccc(C(=O)O)nc1. The number of carboxylic acids is 1. The van der Waals surface area contributed by atoms with Gasteiger partial charge in [-0.05, 0) is 24.6 Å². The van der Waals surface area contributed by atoms with Crippen LogP contribution < -0.4 is 11.1 Å². The molecule has 1 amide bonds. The van der Waals surface area contributed by atoms with Crippen molar-refractivity contribution < 1.29 is 14.7 Å². The standard InChI is InChI=1S/C12H17N3O3/c1-2-8(6-13)5-11(16)15-9-3-4-10(12(17)18)14-7-9/h3-4,7-8H,2,5-6,13H2,1H3,(H,15,16)(H,17,18). The van der Waals surface area contributed by atoms with E-state index in [-0.39, 0.29) is 17.5 Å². The molecule has 1 heterocycles. The van der Waals surface area contributed by atoms with E-state index in [2.05, 4.69) is 10.3 Å². The lowest BCUT2D eigenvalue weighted by Gasteiger charge is -2.11. The number of amides is 1. The van der Waals surface area contributed by atoms with Crippen LogP contribution in [0.4, 0.5) is 5.69 Å². The van der Waals surface area contributed by atoms with E-state index in [1.165, 1.54) is 18.3 Å². The molecule has 1 atom stereocenters. The van der Waals surface area contributed by atoms with E-state index < -0.39 is 5.97 Å². The molecule has 1 rings (SSSR count). The van der Waals surface area contributed by atoms with Crippen molar-refractivity contribution in [3.05, 3.63) is 24.0 Å². The number of rotatable bonds is 6. The molecule has 0 spiro atoms. The van der Waals surface area contributed by atoms with Gasteiger partial charge >= 0.3 is 5.97 Å². The highest BCUT2D eigenvalue weighted by Gasteiger charge is 2.11. The molecule has 0 aromatic carbocycles. The number of nitrogens with one attached hydrogen (secondary N) is 1. The Morgan fingerprint density at radius 2 is 2.22 bits per heavy atom. The zero-order valence-electron chi connectivity index (χ0n) is 10.2. The van der Waals surface area contributed by atoms with Crippen LogP contribution in [0.25, 0.3) is 0 Å². The number of nitrogens with zero attached hydrogens (tertiary/aromatic N) is 1. The Morgan fingerprint density at radius 1 is 1.50 bits per heavy atom. The number of hydrogen-bond acceptors (Lipinski definition) is 4. The van der Waals surface area contributed by atoms with Gasteiger partial charge in [-0.15, -0.1) is 0 Å². The molecule has 0 fully saturated rings. The average Bonchev–Trinajstić information content (AvgIpc) is 2.36. The lowest BCUT2D eigenvalue weighted by molar-refractivity contribution is -0.117. The van der Waals surface area contributed by atoms with Crippen LogP contribution in [0.3, 0.4) is 0 Å². The molecule has 0 saturated carbocycles. The molecule has 0 aliphatic heterocycles. The number of aromatic nitrogens is 1. The number of aromatic carboxylic acids is 1. The van der Waals surface area contributed by atoms with E-state index in [9.17, 15) is 9.59 Å². The molecule has 0 saturated heterocycles. The molecule has 4 N–H and O–H groups in total. The molecule has 1 aromatic rings. The van der Waals surface area contributed by atoms with Gasteiger partial charge in [0.1, 0.15) is 5.69 Å². The number of carbonyl (C=O) groups excluding carboxylic acids is 1. The van der Waals surface area contributed by atoms with Gasteiger partial charge in [-0.2, -0.15) is 0 Å². The summed E-state index contributed by atoms with van der Waals surface area (Å²) in [6, 6.07) is 2.86. The summed E-state index contributed by atoms with van der Waals surface area (Å²) in [4.78, 5) is 26.0. The summed E-state index contributed by atoms with van der Waals surface area (Å²) in [6.07, 6.45) is 2.53. The summed E-state index contributed by atoms with van der Waals surface area (Å²) in [5.41, 5.74) is 5.95. The third kappa shape index (κ3) is 4.14. The Labute approximate surface area is 105 Å². The van der Waals surface area contributed by atoms with Crippen LogP contribution in [0.1, 0.15) is 30.3 Å². The molecule has 6 heteroatoms. The van der Waals surface area contributed by atoms with E-state index in [1.54, 1.807) is 0 Å². The molecule has 0 aliphatic rings. The minimum atomic E-state index is -1.10. The van der Waals surface area contributed by atoms with Crippen LogP contribution in [-0.2, 0) is 4.79 Å². The fourth-order valence-corrected chi connectivity index (χ4v) is 1.46. The highest BCUT2D eigenvalue weighted by molar-refractivity contribution is 5.91.